The number of alkyl halides is 3. The summed E-state index contributed by atoms with van der Waals surface area (Å²) >= 11 is 0. The van der Waals surface area contributed by atoms with E-state index in [0.29, 0.717) is 25.9 Å². The Kier molecular flexibility index (Phi) is 6.50. The number of carbonyl (C=O) groups is 1. The molecular formula is C19H22F3N5O2. The highest BCUT2D eigenvalue weighted by Gasteiger charge is 2.30. The van der Waals surface area contributed by atoms with Crippen LogP contribution in [0.1, 0.15) is 35.8 Å². The third kappa shape index (κ3) is 5.78. The minimum Gasteiger partial charge on any atom is -0.467 e. The van der Waals surface area contributed by atoms with Gasteiger partial charge >= 0.3 is 6.18 Å². The molecule has 1 saturated heterocycles. The number of hydrogen-bond acceptors (Lipinski definition) is 6. The van der Waals surface area contributed by atoms with E-state index < -0.39 is 18.7 Å². The normalized spacial score (nSPS) is 15.2. The monoisotopic (exact) mass is 409 g/mol. The number of ether oxygens (including phenoxy) is 1. The zero-order valence-corrected chi connectivity index (χ0v) is 15.9. The molecule has 2 aromatic rings. The van der Waals surface area contributed by atoms with Crippen LogP contribution in [0.2, 0.25) is 0 Å². The van der Waals surface area contributed by atoms with Crippen molar-refractivity contribution >= 4 is 11.7 Å². The first-order chi connectivity index (χ1) is 13.9. The molecule has 7 nitrogen and oxygen atoms in total. The Morgan fingerprint density at radius 3 is 2.72 bits per heavy atom. The predicted molar refractivity (Wildman–Crippen MR) is 99.9 cm³/mol. The van der Waals surface area contributed by atoms with E-state index in [1.807, 2.05) is 13.0 Å². The molecule has 3 heterocycles. The number of halogens is 3. The summed E-state index contributed by atoms with van der Waals surface area (Å²) in [6.07, 6.45) is 0.537. The lowest BCUT2D eigenvalue weighted by atomic mass is 10.0. The Labute approximate surface area is 166 Å². The number of carbonyl (C=O) groups excluding carboxylic acids is 1. The molecule has 1 N–H and O–H groups in total. The van der Waals surface area contributed by atoms with Crippen molar-refractivity contribution < 1.29 is 22.7 Å². The Balaban J connectivity index is 1.57. The summed E-state index contributed by atoms with van der Waals surface area (Å²) in [6.45, 7) is 1.94. The minimum absolute atomic E-state index is 0.0115. The second kappa shape index (κ2) is 9.06. The first-order valence-corrected chi connectivity index (χ1v) is 9.37. The SMILES string of the molecule is CCc1cc(N2CCC(NC(=O)c3cccnc3OCC(F)(F)F)CC2)ncn1. The number of amides is 1. The van der Waals surface area contributed by atoms with E-state index in [4.69, 9.17) is 0 Å². The van der Waals surface area contributed by atoms with Gasteiger partial charge in [0.25, 0.3) is 5.91 Å². The van der Waals surface area contributed by atoms with E-state index in [9.17, 15) is 18.0 Å². The third-order valence-corrected chi connectivity index (χ3v) is 4.61. The molecule has 1 aliphatic heterocycles. The van der Waals surface area contributed by atoms with Crippen LogP contribution in [-0.2, 0) is 6.42 Å². The molecule has 1 fully saturated rings. The van der Waals surface area contributed by atoms with Crippen LogP contribution in [0, 0.1) is 0 Å². The number of piperidine rings is 1. The zero-order chi connectivity index (χ0) is 20.9. The Morgan fingerprint density at radius 2 is 2.03 bits per heavy atom. The Hall–Kier alpha value is -2.91. The topological polar surface area (TPSA) is 80.2 Å². The van der Waals surface area contributed by atoms with E-state index in [1.54, 1.807) is 6.33 Å². The average molecular weight is 409 g/mol. The fourth-order valence-electron chi connectivity index (χ4n) is 3.10. The standard InChI is InChI=1S/C19H22F3N5O2/c1-2-13-10-16(25-12-24-13)27-8-5-14(6-9-27)26-17(28)15-4-3-7-23-18(15)29-11-19(20,21)22/h3-4,7,10,12,14H,2,5-6,8-9,11H2,1H3,(H,26,28). The van der Waals surface area contributed by atoms with Crippen molar-refractivity contribution in [2.24, 2.45) is 0 Å². The lowest BCUT2D eigenvalue weighted by Crippen LogP contribution is -2.45. The van der Waals surface area contributed by atoms with Crippen LogP contribution in [0.5, 0.6) is 5.88 Å². The second-order valence-corrected chi connectivity index (χ2v) is 6.72. The van der Waals surface area contributed by atoms with Crippen LogP contribution in [-0.4, -0.2) is 52.8 Å². The summed E-state index contributed by atoms with van der Waals surface area (Å²) in [7, 11) is 0. The molecule has 0 radical (unpaired) electrons. The van der Waals surface area contributed by atoms with Gasteiger partial charge in [-0.3, -0.25) is 4.79 Å². The van der Waals surface area contributed by atoms with Crippen molar-refractivity contribution in [3.05, 3.63) is 42.0 Å². The quantitative estimate of drug-likeness (QED) is 0.790. The number of nitrogens with zero attached hydrogens (tertiary/aromatic N) is 4. The number of rotatable bonds is 6. The van der Waals surface area contributed by atoms with Gasteiger partial charge in [-0.15, -0.1) is 0 Å². The molecule has 29 heavy (non-hydrogen) atoms. The van der Waals surface area contributed by atoms with E-state index >= 15 is 0 Å². The molecule has 0 bridgehead atoms. The smallest absolute Gasteiger partial charge is 0.422 e. The van der Waals surface area contributed by atoms with Crippen LogP contribution in [0.3, 0.4) is 0 Å². The molecule has 0 atom stereocenters. The van der Waals surface area contributed by atoms with Crippen molar-refractivity contribution in [3.63, 3.8) is 0 Å². The largest absolute Gasteiger partial charge is 0.467 e. The zero-order valence-electron chi connectivity index (χ0n) is 15.9. The highest BCUT2D eigenvalue weighted by molar-refractivity contribution is 5.96. The lowest BCUT2D eigenvalue weighted by Gasteiger charge is -2.33. The van der Waals surface area contributed by atoms with E-state index in [-0.39, 0.29) is 17.5 Å². The predicted octanol–water partition coefficient (Wildman–Crippen LogP) is 2.77. The summed E-state index contributed by atoms with van der Waals surface area (Å²) < 4.78 is 41.9. The van der Waals surface area contributed by atoms with Gasteiger partial charge < -0.3 is 15.0 Å². The van der Waals surface area contributed by atoms with Gasteiger partial charge in [-0.2, -0.15) is 13.2 Å². The Morgan fingerprint density at radius 1 is 1.28 bits per heavy atom. The molecule has 0 saturated carbocycles. The second-order valence-electron chi connectivity index (χ2n) is 6.72. The molecule has 10 heteroatoms. The van der Waals surface area contributed by atoms with Gasteiger partial charge in [-0.25, -0.2) is 15.0 Å². The molecule has 156 valence electrons. The van der Waals surface area contributed by atoms with Crippen LogP contribution in [0.4, 0.5) is 19.0 Å². The fraction of sp³-hybridized carbons (Fsp3) is 0.474. The number of pyridine rings is 1. The van der Waals surface area contributed by atoms with Crippen LogP contribution in [0.15, 0.2) is 30.7 Å². The van der Waals surface area contributed by atoms with E-state index in [0.717, 1.165) is 17.9 Å². The highest BCUT2D eigenvalue weighted by atomic mass is 19.4. The van der Waals surface area contributed by atoms with Gasteiger partial charge in [0.05, 0.1) is 0 Å². The van der Waals surface area contributed by atoms with Crippen molar-refractivity contribution in [2.45, 2.75) is 38.4 Å². The van der Waals surface area contributed by atoms with Crippen molar-refractivity contribution in [1.82, 2.24) is 20.3 Å². The summed E-state index contributed by atoms with van der Waals surface area (Å²) in [5.41, 5.74) is 0.955. The van der Waals surface area contributed by atoms with E-state index in [1.165, 1.54) is 18.3 Å². The average Bonchev–Trinajstić information content (AvgIpc) is 2.72. The van der Waals surface area contributed by atoms with Crippen molar-refractivity contribution in [2.75, 3.05) is 24.6 Å². The first-order valence-electron chi connectivity index (χ1n) is 9.37. The maximum atomic E-state index is 12.5. The van der Waals surface area contributed by atoms with Gasteiger partial charge in [0.2, 0.25) is 5.88 Å². The van der Waals surface area contributed by atoms with Gasteiger partial charge in [0.15, 0.2) is 6.61 Å². The Bertz CT molecular complexity index is 839. The van der Waals surface area contributed by atoms with E-state index in [2.05, 4.69) is 29.9 Å². The summed E-state index contributed by atoms with van der Waals surface area (Å²) in [5, 5.41) is 2.87. The molecule has 1 amide bonds. The lowest BCUT2D eigenvalue weighted by molar-refractivity contribution is -0.154. The maximum Gasteiger partial charge on any atom is 0.422 e. The molecule has 0 unspecified atom stereocenters. The number of hydrogen-bond donors (Lipinski definition) is 1. The molecule has 3 rings (SSSR count). The van der Waals surface area contributed by atoms with Gasteiger partial charge in [-0.1, -0.05) is 6.92 Å². The molecular weight excluding hydrogens is 387 g/mol. The van der Waals surface area contributed by atoms with Crippen molar-refractivity contribution in [1.29, 1.82) is 0 Å². The molecule has 0 aromatic carbocycles. The molecule has 1 aliphatic rings. The number of aromatic nitrogens is 3. The van der Waals surface area contributed by atoms with Gasteiger partial charge in [0.1, 0.15) is 17.7 Å². The van der Waals surface area contributed by atoms with Crippen molar-refractivity contribution in [3.8, 4) is 5.88 Å². The third-order valence-electron chi connectivity index (χ3n) is 4.61. The first kappa shape index (κ1) is 20.8. The highest BCUT2D eigenvalue weighted by Crippen LogP contribution is 2.22. The molecule has 2 aromatic heterocycles. The fourth-order valence-corrected chi connectivity index (χ4v) is 3.10. The number of aryl methyl sites for hydroxylation is 1. The van der Waals surface area contributed by atoms with Gasteiger partial charge in [0, 0.05) is 37.1 Å². The minimum atomic E-state index is -4.50. The number of nitrogens with one attached hydrogen (secondary N) is 1. The van der Waals surface area contributed by atoms with Crippen LogP contribution >= 0.6 is 0 Å². The molecule has 0 aliphatic carbocycles. The van der Waals surface area contributed by atoms with Crippen LogP contribution < -0.4 is 15.0 Å². The molecule has 0 spiro atoms. The van der Waals surface area contributed by atoms with Gasteiger partial charge in [-0.05, 0) is 31.4 Å². The summed E-state index contributed by atoms with van der Waals surface area (Å²) in [5.74, 6) is 0.0357. The summed E-state index contributed by atoms with van der Waals surface area (Å²) in [6, 6.07) is 4.75. The van der Waals surface area contributed by atoms with Crippen LogP contribution in [0.25, 0.3) is 0 Å². The summed E-state index contributed by atoms with van der Waals surface area (Å²) in [4.78, 5) is 26.9. The maximum absolute atomic E-state index is 12.5. The number of anilines is 1.